The second kappa shape index (κ2) is 14.4. The van der Waals surface area contributed by atoms with Gasteiger partial charge < -0.3 is 26.2 Å². The van der Waals surface area contributed by atoms with Gasteiger partial charge in [-0.2, -0.15) is 0 Å². The molecule has 0 spiro atoms. The molecule has 0 aromatic heterocycles. The lowest BCUT2D eigenvalue weighted by Crippen LogP contribution is -2.63. The maximum absolute atomic E-state index is 14.6. The van der Waals surface area contributed by atoms with Crippen molar-refractivity contribution < 1.29 is 32.4 Å². The number of hydrogen-bond acceptors (Lipinski definition) is 7. The third-order valence-corrected chi connectivity index (χ3v) is 13.7. The van der Waals surface area contributed by atoms with E-state index in [0.29, 0.717) is 19.3 Å². The number of nitrogens with zero attached hydrogens (tertiary/aromatic N) is 1. The summed E-state index contributed by atoms with van der Waals surface area (Å²) < 4.78 is 25.7. The van der Waals surface area contributed by atoms with E-state index in [0.717, 1.165) is 37.7 Å². The average Bonchev–Trinajstić information content (AvgIpc) is 3.75. The molecule has 5 amide bonds. The summed E-state index contributed by atoms with van der Waals surface area (Å²) in [6, 6.07) is -3.74. The van der Waals surface area contributed by atoms with Gasteiger partial charge in [0.25, 0.3) is 5.91 Å². The van der Waals surface area contributed by atoms with Crippen molar-refractivity contribution >= 4 is 39.4 Å². The van der Waals surface area contributed by atoms with Gasteiger partial charge in [0.05, 0.1) is 22.1 Å². The molecule has 280 valence electrons. The van der Waals surface area contributed by atoms with Gasteiger partial charge in [0, 0.05) is 19.0 Å². The number of rotatable bonds is 13. The van der Waals surface area contributed by atoms with E-state index in [4.69, 9.17) is 0 Å². The average molecular weight is 718 g/mol. The fourth-order valence-electron chi connectivity index (χ4n) is 7.48. The summed E-state index contributed by atoms with van der Waals surface area (Å²) in [5.74, 6) is -2.60. The summed E-state index contributed by atoms with van der Waals surface area (Å²) in [5.41, 5.74) is -1.25. The highest BCUT2D eigenvalue weighted by atomic mass is 32.2. The van der Waals surface area contributed by atoms with Gasteiger partial charge in [-0.15, -0.1) is 6.58 Å². The van der Waals surface area contributed by atoms with Crippen LogP contribution in [0.3, 0.4) is 0 Å². The summed E-state index contributed by atoms with van der Waals surface area (Å²) in [6.45, 7) is 18.4. The molecule has 12 nitrogen and oxygen atoms in total. The van der Waals surface area contributed by atoms with Crippen molar-refractivity contribution in [3.63, 3.8) is 0 Å². The molecule has 4 unspecified atom stereocenters. The van der Waals surface area contributed by atoms with Crippen LogP contribution in [0.15, 0.2) is 24.3 Å². The summed E-state index contributed by atoms with van der Waals surface area (Å²) >= 11 is 0. The van der Waals surface area contributed by atoms with E-state index < -0.39 is 73.2 Å². The minimum Gasteiger partial charge on any atom is -0.346 e. The number of ketones is 1. The number of nitrogens with one attached hydrogen (secondary N) is 4. The van der Waals surface area contributed by atoms with E-state index in [9.17, 15) is 32.4 Å². The second-order valence-electron chi connectivity index (χ2n) is 17.6. The highest BCUT2D eigenvalue weighted by Gasteiger charge is 2.56. The Bertz CT molecular complexity index is 1510. The molecule has 0 radical (unpaired) electrons. The van der Waals surface area contributed by atoms with Gasteiger partial charge >= 0.3 is 6.03 Å². The zero-order valence-corrected chi connectivity index (χ0v) is 32.1. The zero-order chi connectivity index (χ0) is 37.4. The summed E-state index contributed by atoms with van der Waals surface area (Å²) in [7, 11) is -3.57. The summed E-state index contributed by atoms with van der Waals surface area (Å²) in [5, 5.41) is 11.2. The van der Waals surface area contributed by atoms with E-state index in [1.54, 1.807) is 20.8 Å². The van der Waals surface area contributed by atoms with Crippen molar-refractivity contribution in [1.82, 2.24) is 26.2 Å². The normalized spacial score (nSPS) is 24.0. The molecule has 4 rings (SSSR count). The second-order valence-corrected chi connectivity index (χ2v) is 20.4. The quantitative estimate of drug-likeness (QED) is 0.167. The Morgan fingerprint density at radius 1 is 1.00 bits per heavy atom. The van der Waals surface area contributed by atoms with Gasteiger partial charge in [-0.3, -0.25) is 19.2 Å². The molecule has 1 heterocycles. The monoisotopic (exact) mass is 717 g/mol. The highest BCUT2D eigenvalue weighted by Crippen LogP contribution is 2.52. The smallest absolute Gasteiger partial charge is 0.315 e. The Labute approximate surface area is 298 Å². The Balaban J connectivity index is 1.58. The molecule has 4 atom stereocenters. The number of hydrogen-bond donors (Lipinski definition) is 4. The molecular weight excluding hydrogens is 659 g/mol. The van der Waals surface area contributed by atoms with Gasteiger partial charge in [0.15, 0.2) is 9.84 Å². The van der Waals surface area contributed by atoms with Gasteiger partial charge in [-0.25, -0.2) is 13.2 Å². The first kappa shape index (κ1) is 39.6. The lowest BCUT2D eigenvalue weighted by Gasteiger charge is -2.41. The molecule has 0 aromatic rings. The van der Waals surface area contributed by atoms with Crippen molar-refractivity contribution in [3.8, 4) is 0 Å². The van der Waals surface area contributed by atoms with Gasteiger partial charge in [0.2, 0.25) is 17.6 Å². The Hall–Kier alpha value is -3.22. The molecule has 50 heavy (non-hydrogen) atoms. The Kier molecular flexibility index (Phi) is 11.4. The Morgan fingerprint density at radius 2 is 1.62 bits per heavy atom. The van der Waals surface area contributed by atoms with E-state index in [2.05, 4.69) is 27.8 Å². The van der Waals surface area contributed by atoms with Gasteiger partial charge in [0.1, 0.15) is 12.1 Å². The number of urea groups is 1. The maximum Gasteiger partial charge on any atom is 0.315 e. The van der Waals surface area contributed by atoms with E-state index in [-0.39, 0.29) is 36.1 Å². The highest BCUT2D eigenvalue weighted by molar-refractivity contribution is 7.92. The molecule has 3 fully saturated rings. The number of Topliss-reactive ketones (excluding diaryl/α,β-unsaturated/α-hetero) is 1. The number of sulfone groups is 1. The minimum atomic E-state index is -3.57. The predicted octanol–water partition coefficient (Wildman–Crippen LogP) is 3.57. The molecule has 13 heteroatoms. The van der Waals surface area contributed by atoms with E-state index in [1.165, 1.54) is 11.0 Å². The number of carbonyl (C=O) groups is 5. The van der Waals surface area contributed by atoms with Crippen LogP contribution >= 0.6 is 0 Å². The number of allylic oxidation sites excluding steroid dienone is 1. The maximum atomic E-state index is 14.6. The number of fused-ring (bicyclic) bond motifs is 1. The van der Waals surface area contributed by atoms with Crippen LogP contribution in [0.5, 0.6) is 0 Å². The largest absolute Gasteiger partial charge is 0.346 e. The van der Waals surface area contributed by atoms with Gasteiger partial charge in [-0.1, -0.05) is 78.9 Å². The van der Waals surface area contributed by atoms with Crippen LogP contribution in [0, 0.1) is 22.7 Å². The number of carbonyl (C=O) groups excluding carboxylic acids is 5. The van der Waals surface area contributed by atoms with Crippen molar-refractivity contribution in [2.24, 2.45) is 22.7 Å². The van der Waals surface area contributed by atoms with Crippen molar-refractivity contribution in [1.29, 1.82) is 0 Å². The minimum absolute atomic E-state index is 0.0989. The third kappa shape index (κ3) is 8.80. The van der Waals surface area contributed by atoms with Crippen LogP contribution < -0.4 is 21.3 Å². The molecular formula is C37H59N5O7S. The summed E-state index contributed by atoms with van der Waals surface area (Å²) in [6.07, 6.45) is 9.12. The van der Waals surface area contributed by atoms with Crippen LogP contribution in [0.1, 0.15) is 107 Å². The molecule has 1 saturated heterocycles. The fourth-order valence-corrected chi connectivity index (χ4v) is 9.00. The van der Waals surface area contributed by atoms with Crippen LogP contribution in [0.25, 0.3) is 0 Å². The predicted molar refractivity (Wildman–Crippen MR) is 193 cm³/mol. The van der Waals surface area contributed by atoms with E-state index in [1.807, 2.05) is 40.7 Å². The molecule has 1 aliphatic heterocycles. The topological polar surface area (TPSA) is 171 Å². The molecule has 2 saturated carbocycles. The Morgan fingerprint density at radius 3 is 2.14 bits per heavy atom. The fraction of sp³-hybridized carbons (Fsp3) is 0.757. The third-order valence-electron chi connectivity index (χ3n) is 10.9. The lowest BCUT2D eigenvalue weighted by atomic mass is 9.64. The van der Waals surface area contributed by atoms with Crippen LogP contribution in [0.4, 0.5) is 4.79 Å². The lowest BCUT2D eigenvalue weighted by molar-refractivity contribution is -0.143. The van der Waals surface area contributed by atoms with Crippen LogP contribution in [0.2, 0.25) is 0 Å². The van der Waals surface area contributed by atoms with Crippen molar-refractivity contribution in [2.75, 3.05) is 18.8 Å². The standard InChI is InChI=1S/C37H59N5O7S/c1-10-18-38-31(45)28(43)26(19-23-14-15-23)39-30(44)27-24-20-36(8,9)25(24)21-42(27)32(46)29(34(2,3)4)40-33(47)41-37(16-12-11-13-17-37)22-50(48,49)35(5,6)7/h10,20,23,25-27,29H,1,11-19,21-22H2,2-9H3,(H,38,45)(H,39,44)(H2,40,41,47). The zero-order valence-electron chi connectivity index (χ0n) is 31.2. The molecule has 0 aromatic carbocycles. The first-order valence-electron chi connectivity index (χ1n) is 18.1. The SMILES string of the molecule is C=CCNC(=O)C(=O)C(CC1CC1)NC(=O)C1C2=CC(C)(C)C2CN1C(=O)C(NC(=O)NC1(CS(=O)(=O)C(C)(C)C)CCCCC1)C(C)(C)C. The number of likely N-dealkylation sites (tertiary alicyclic amines) is 1. The van der Waals surface area contributed by atoms with Crippen LogP contribution in [-0.2, 0) is 29.0 Å². The first-order chi connectivity index (χ1) is 23.0. The van der Waals surface area contributed by atoms with Crippen molar-refractivity contribution in [2.45, 2.75) is 135 Å². The number of amides is 5. The van der Waals surface area contributed by atoms with E-state index >= 15 is 0 Å². The summed E-state index contributed by atoms with van der Waals surface area (Å²) in [4.78, 5) is 69.8. The van der Waals surface area contributed by atoms with Crippen LogP contribution in [-0.4, -0.2) is 90.1 Å². The molecule has 4 N–H and O–H groups in total. The van der Waals surface area contributed by atoms with Crippen molar-refractivity contribution in [3.05, 3.63) is 24.3 Å². The first-order valence-corrected chi connectivity index (χ1v) is 19.7. The molecule has 3 aliphatic carbocycles. The van der Waals surface area contributed by atoms with Gasteiger partial charge in [-0.05, 0) is 62.4 Å². The molecule has 4 aliphatic rings. The molecule has 0 bridgehead atoms.